The molecule has 0 spiro atoms. The van der Waals surface area contributed by atoms with E-state index in [2.05, 4.69) is 10.3 Å². The number of aliphatic hydroxyl groups is 1. The largest absolute Gasteiger partial charge is 0.504 e. The number of aliphatic hydroxyl groups excluding tert-OH is 1. The number of aromatic nitrogens is 2. The van der Waals surface area contributed by atoms with Crippen LogP contribution in [0.2, 0.25) is 0 Å². The van der Waals surface area contributed by atoms with Crippen molar-refractivity contribution in [3.8, 4) is 0 Å². The minimum atomic E-state index is -4.02. The molecule has 1 amide bonds. The summed E-state index contributed by atoms with van der Waals surface area (Å²) in [5.41, 5.74) is 1.12. The van der Waals surface area contributed by atoms with Crippen molar-refractivity contribution in [3.05, 3.63) is 46.7 Å². The smallest absolute Gasteiger partial charge is 0.278 e. The normalized spacial score (nSPS) is 15.9. The lowest BCUT2D eigenvalue weighted by atomic mass is 10.2. The number of benzene rings is 1. The highest BCUT2D eigenvalue weighted by Crippen LogP contribution is 2.40. The number of hydrogen-bond acceptors (Lipinski definition) is 6. The van der Waals surface area contributed by atoms with E-state index in [4.69, 9.17) is 0 Å². The molecule has 0 saturated heterocycles. The number of carbonyl (C=O) groups is 1. The van der Waals surface area contributed by atoms with Crippen LogP contribution in [0.3, 0.4) is 0 Å². The summed E-state index contributed by atoms with van der Waals surface area (Å²) in [7, 11) is -1.12. The lowest BCUT2D eigenvalue weighted by molar-refractivity contribution is -0.113. The first-order valence-electron chi connectivity index (χ1n) is 7.97. The highest BCUT2D eigenvalue weighted by atomic mass is 32.2. The predicted molar refractivity (Wildman–Crippen MR) is 103 cm³/mol. The van der Waals surface area contributed by atoms with Crippen molar-refractivity contribution in [3.63, 3.8) is 0 Å². The number of rotatable bonds is 2. The second kappa shape index (κ2) is 5.83. The van der Waals surface area contributed by atoms with Gasteiger partial charge in [0.25, 0.3) is 15.9 Å². The van der Waals surface area contributed by atoms with Crippen molar-refractivity contribution in [1.29, 1.82) is 0 Å². The molecule has 0 aliphatic carbocycles. The van der Waals surface area contributed by atoms with Gasteiger partial charge in [-0.2, -0.15) is 0 Å². The van der Waals surface area contributed by atoms with Gasteiger partial charge in [-0.25, -0.2) is 13.4 Å². The Morgan fingerprint density at radius 1 is 1.26 bits per heavy atom. The van der Waals surface area contributed by atoms with Gasteiger partial charge in [-0.1, -0.05) is 18.2 Å². The van der Waals surface area contributed by atoms with E-state index in [0.717, 1.165) is 10.00 Å². The summed E-state index contributed by atoms with van der Waals surface area (Å²) < 4.78 is 28.6. The van der Waals surface area contributed by atoms with E-state index in [-0.39, 0.29) is 16.3 Å². The van der Waals surface area contributed by atoms with E-state index in [9.17, 15) is 18.3 Å². The second-order valence-electron chi connectivity index (χ2n) is 6.17. The van der Waals surface area contributed by atoms with Crippen molar-refractivity contribution in [2.24, 2.45) is 7.05 Å². The molecule has 3 aromatic rings. The Balaban J connectivity index is 1.94. The van der Waals surface area contributed by atoms with Crippen LogP contribution < -0.4 is 5.32 Å². The van der Waals surface area contributed by atoms with Gasteiger partial charge in [-0.3, -0.25) is 14.4 Å². The van der Waals surface area contributed by atoms with Crippen LogP contribution in [0.5, 0.6) is 0 Å². The van der Waals surface area contributed by atoms with Crippen molar-refractivity contribution >= 4 is 49.1 Å². The number of nitrogens with one attached hydrogen (secondary N) is 1. The summed E-state index contributed by atoms with van der Waals surface area (Å²) in [6, 6.07) is 6.94. The molecule has 4 rings (SSSR count). The molecule has 0 bridgehead atoms. The lowest BCUT2D eigenvalue weighted by Crippen LogP contribution is -2.37. The van der Waals surface area contributed by atoms with E-state index in [1.165, 1.54) is 18.4 Å². The first-order chi connectivity index (χ1) is 12.7. The van der Waals surface area contributed by atoms with Gasteiger partial charge in [0.05, 0.1) is 5.69 Å². The van der Waals surface area contributed by atoms with Crippen molar-refractivity contribution in [2.45, 2.75) is 11.8 Å². The highest BCUT2D eigenvalue weighted by molar-refractivity contribution is 7.89. The SMILES string of the molecule is Cc1csc(NC(=O)C2=C(O)c3c(c4ccccc4n3C)S(=O)(=O)N2C)n1. The zero-order valence-corrected chi connectivity index (χ0v) is 16.3. The highest BCUT2D eigenvalue weighted by Gasteiger charge is 2.41. The second-order valence-corrected chi connectivity index (χ2v) is 8.94. The maximum atomic E-state index is 13.1. The van der Waals surface area contributed by atoms with E-state index in [1.807, 2.05) is 0 Å². The molecular formula is C17H16N4O4S2. The Labute approximate surface area is 159 Å². The summed E-state index contributed by atoms with van der Waals surface area (Å²) in [6.45, 7) is 1.78. The van der Waals surface area contributed by atoms with Crippen molar-refractivity contribution in [1.82, 2.24) is 13.9 Å². The Bertz CT molecular complexity index is 1240. The summed E-state index contributed by atoms with van der Waals surface area (Å²) >= 11 is 1.22. The number of likely N-dealkylation sites (N-methyl/N-ethyl adjacent to an activating group) is 1. The summed E-state index contributed by atoms with van der Waals surface area (Å²) in [5, 5.41) is 16.0. The molecule has 1 aromatic carbocycles. The molecular weight excluding hydrogens is 388 g/mol. The van der Waals surface area contributed by atoms with Gasteiger partial charge in [0, 0.05) is 30.4 Å². The summed E-state index contributed by atoms with van der Waals surface area (Å²) in [4.78, 5) is 16.9. The Morgan fingerprint density at radius 2 is 1.96 bits per heavy atom. The van der Waals surface area contributed by atoms with Gasteiger partial charge in [-0.15, -0.1) is 11.3 Å². The number of fused-ring (bicyclic) bond motifs is 3. The van der Waals surface area contributed by atoms with Crippen LogP contribution in [0.4, 0.5) is 5.13 Å². The molecule has 1 aliphatic heterocycles. The zero-order chi connectivity index (χ0) is 19.5. The average molecular weight is 404 g/mol. The molecule has 27 heavy (non-hydrogen) atoms. The Hall–Kier alpha value is -2.85. The van der Waals surface area contributed by atoms with E-state index in [0.29, 0.717) is 16.0 Å². The maximum absolute atomic E-state index is 13.1. The molecule has 8 nitrogen and oxygen atoms in total. The number of para-hydroxylation sites is 1. The Kier molecular flexibility index (Phi) is 3.79. The minimum Gasteiger partial charge on any atom is -0.504 e. The number of thiazole rings is 1. The fraction of sp³-hybridized carbons (Fsp3) is 0.176. The maximum Gasteiger partial charge on any atom is 0.278 e. The van der Waals surface area contributed by atoms with Crippen molar-refractivity contribution < 1.29 is 18.3 Å². The molecule has 0 fully saturated rings. The molecule has 0 unspecified atom stereocenters. The van der Waals surface area contributed by atoms with E-state index >= 15 is 0 Å². The molecule has 140 valence electrons. The average Bonchev–Trinajstić information content (AvgIpc) is 3.15. The third-order valence-electron chi connectivity index (χ3n) is 4.50. The number of amides is 1. The van der Waals surface area contributed by atoms with Gasteiger partial charge >= 0.3 is 0 Å². The fourth-order valence-electron chi connectivity index (χ4n) is 3.22. The number of nitrogens with zero attached hydrogens (tertiary/aromatic N) is 3. The van der Waals surface area contributed by atoms with Gasteiger partial charge in [0.15, 0.2) is 16.6 Å². The number of carbonyl (C=O) groups excluding carboxylic acids is 1. The van der Waals surface area contributed by atoms with Gasteiger partial charge in [-0.05, 0) is 13.0 Å². The summed E-state index contributed by atoms with van der Waals surface area (Å²) in [6.07, 6.45) is 0. The van der Waals surface area contributed by atoms with E-state index < -0.39 is 21.7 Å². The number of hydrogen-bond donors (Lipinski definition) is 2. The Morgan fingerprint density at radius 3 is 2.63 bits per heavy atom. The topological polar surface area (TPSA) is 105 Å². The number of anilines is 1. The van der Waals surface area contributed by atoms with Gasteiger partial charge in [0.1, 0.15) is 10.6 Å². The predicted octanol–water partition coefficient (Wildman–Crippen LogP) is 2.44. The van der Waals surface area contributed by atoms with Crippen LogP contribution in [-0.4, -0.2) is 40.3 Å². The molecule has 10 heteroatoms. The van der Waals surface area contributed by atoms with Crippen LogP contribution >= 0.6 is 11.3 Å². The van der Waals surface area contributed by atoms with Crippen LogP contribution in [0.15, 0.2) is 40.2 Å². The minimum absolute atomic E-state index is 0.0118. The molecule has 0 atom stereocenters. The molecule has 1 aliphatic rings. The van der Waals surface area contributed by atoms with Gasteiger partial charge < -0.3 is 9.67 Å². The van der Waals surface area contributed by atoms with Crippen LogP contribution in [0, 0.1) is 6.92 Å². The monoisotopic (exact) mass is 404 g/mol. The first kappa shape index (κ1) is 17.6. The van der Waals surface area contributed by atoms with Crippen LogP contribution in [0.1, 0.15) is 11.4 Å². The lowest BCUT2D eigenvalue weighted by Gasteiger charge is -2.27. The van der Waals surface area contributed by atoms with Crippen LogP contribution in [-0.2, 0) is 21.9 Å². The van der Waals surface area contributed by atoms with Gasteiger partial charge in [0.2, 0.25) is 0 Å². The van der Waals surface area contributed by atoms with Crippen molar-refractivity contribution in [2.75, 3.05) is 12.4 Å². The molecule has 0 saturated carbocycles. The number of sulfonamides is 1. The molecule has 2 N–H and O–H groups in total. The zero-order valence-electron chi connectivity index (χ0n) is 14.7. The third-order valence-corrected chi connectivity index (χ3v) is 7.21. The molecule has 0 radical (unpaired) electrons. The third kappa shape index (κ3) is 2.44. The fourth-order valence-corrected chi connectivity index (χ4v) is 5.52. The molecule has 3 heterocycles. The number of aryl methyl sites for hydroxylation is 2. The van der Waals surface area contributed by atoms with Crippen LogP contribution in [0.25, 0.3) is 16.7 Å². The van der Waals surface area contributed by atoms with E-state index in [1.54, 1.807) is 48.2 Å². The standard InChI is InChI=1S/C17H16N4O4S2/c1-9-8-26-17(18-9)19-16(23)13-14(22)12-15(27(24,25)21(13)3)10-6-4-5-7-11(10)20(12)2/h4-8,22H,1-3H3,(H,18,19,23). The first-order valence-corrected chi connectivity index (χ1v) is 10.3. The summed E-state index contributed by atoms with van der Waals surface area (Å²) in [5.74, 6) is -1.14. The molecule has 2 aromatic heterocycles. The quantitative estimate of drug-likeness (QED) is 0.683.